The Morgan fingerprint density at radius 1 is 1.15 bits per heavy atom. The van der Waals surface area contributed by atoms with Crippen molar-refractivity contribution in [2.75, 3.05) is 20.4 Å². The standard InChI is InChI=1S/C9H19O3P/c1-11-8-6-4-5-7-9(8)12-13(2,3)10/h8-9H,4-7H2,1-3H3. The summed E-state index contributed by atoms with van der Waals surface area (Å²) in [5.74, 6) is 0. The molecule has 0 heterocycles. The van der Waals surface area contributed by atoms with Crippen LogP contribution in [0.4, 0.5) is 0 Å². The Kier molecular flexibility index (Phi) is 3.96. The van der Waals surface area contributed by atoms with Gasteiger partial charge in [-0.3, -0.25) is 4.57 Å². The van der Waals surface area contributed by atoms with Gasteiger partial charge in [-0.1, -0.05) is 12.8 Å². The van der Waals surface area contributed by atoms with E-state index >= 15 is 0 Å². The van der Waals surface area contributed by atoms with Crippen molar-refractivity contribution in [3.63, 3.8) is 0 Å². The van der Waals surface area contributed by atoms with E-state index in [4.69, 9.17) is 9.26 Å². The fraction of sp³-hybridized carbons (Fsp3) is 1.00. The molecule has 0 aromatic rings. The lowest BCUT2D eigenvalue weighted by atomic mass is 9.95. The van der Waals surface area contributed by atoms with Crippen LogP contribution < -0.4 is 0 Å². The highest BCUT2D eigenvalue weighted by molar-refractivity contribution is 7.57. The van der Waals surface area contributed by atoms with Crippen molar-refractivity contribution in [3.05, 3.63) is 0 Å². The van der Waals surface area contributed by atoms with E-state index in [1.165, 1.54) is 6.42 Å². The molecule has 0 radical (unpaired) electrons. The summed E-state index contributed by atoms with van der Waals surface area (Å²) < 4.78 is 22.3. The number of hydrogen-bond donors (Lipinski definition) is 0. The van der Waals surface area contributed by atoms with Gasteiger partial charge in [0.05, 0.1) is 12.2 Å². The Balaban J connectivity index is 2.50. The third-order valence-corrected chi connectivity index (χ3v) is 3.11. The number of methoxy groups -OCH3 is 1. The number of ether oxygens (including phenoxy) is 1. The summed E-state index contributed by atoms with van der Waals surface area (Å²) in [7, 11) is -0.668. The molecule has 3 nitrogen and oxygen atoms in total. The molecule has 2 atom stereocenters. The molecule has 1 aliphatic rings. The second-order valence-electron chi connectivity index (χ2n) is 3.95. The maximum atomic E-state index is 11.5. The van der Waals surface area contributed by atoms with Crippen molar-refractivity contribution >= 4 is 7.37 Å². The highest BCUT2D eigenvalue weighted by Crippen LogP contribution is 2.42. The second-order valence-corrected chi connectivity index (χ2v) is 6.67. The Morgan fingerprint density at radius 3 is 2.15 bits per heavy atom. The van der Waals surface area contributed by atoms with Gasteiger partial charge >= 0.3 is 0 Å². The molecule has 13 heavy (non-hydrogen) atoms. The molecule has 1 fully saturated rings. The predicted octanol–water partition coefficient (Wildman–Crippen LogP) is 2.50. The minimum Gasteiger partial charge on any atom is -0.379 e. The summed E-state index contributed by atoms with van der Waals surface area (Å²) in [4.78, 5) is 0. The number of hydrogen-bond acceptors (Lipinski definition) is 3. The molecule has 0 bridgehead atoms. The maximum Gasteiger partial charge on any atom is 0.197 e. The van der Waals surface area contributed by atoms with E-state index in [2.05, 4.69) is 0 Å². The average Bonchev–Trinajstić information content (AvgIpc) is 2.02. The lowest BCUT2D eigenvalue weighted by molar-refractivity contribution is -0.0210. The first-order valence-electron chi connectivity index (χ1n) is 4.79. The Bertz CT molecular complexity index is 199. The van der Waals surface area contributed by atoms with E-state index in [0.29, 0.717) is 0 Å². The fourth-order valence-electron chi connectivity index (χ4n) is 1.78. The van der Waals surface area contributed by atoms with Crippen LogP contribution in [0.5, 0.6) is 0 Å². The second kappa shape index (κ2) is 4.59. The van der Waals surface area contributed by atoms with Crippen molar-refractivity contribution in [2.24, 2.45) is 0 Å². The largest absolute Gasteiger partial charge is 0.379 e. The molecule has 0 aliphatic heterocycles. The third kappa shape index (κ3) is 3.80. The molecular formula is C9H19O3P. The van der Waals surface area contributed by atoms with Gasteiger partial charge in [-0.15, -0.1) is 0 Å². The molecule has 2 unspecified atom stereocenters. The predicted molar refractivity (Wildman–Crippen MR) is 53.6 cm³/mol. The third-order valence-electron chi connectivity index (χ3n) is 2.33. The molecule has 0 saturated heterocycles. The molecule has 4 heteroatoms. The van der Waals surface area contributed by atoms with Gasteiger partial charge in [0.25, 0.3) is 0 Å². The SMILES string of the molecule is COC1CCCCC1OP(C)(C)=O. The van der Waals surface area contributed by atoms with Crippen LogP contribution in [-0.2, 0) is 13.8 Å². The van der Waals surface area contributed by atoms with Crippen molar-refractivity contribution in [1.29, 1.82) is 0 Å². The van der Waals surface area contributed by atoms with E-state index in [9.17, 15) is 4.57 Å². The van der Waals surface area contributed by atoms with E-state index < -0.39 is 7.37 Å². The first-order valence-corrected chi connectivity index (χ1v) is 7.31. The Labute approximate surface area is 80.3 Å². The first-order chi connectivity index (χ1) is 6.03. The van der Waals surface area contributed by atoms with Crippen LogP contribution in [0, 0.1) is 0 Å². The van der Waals surface area contributed by atoms with E-state index in [-0.39, 0.29) is 12.2 Å². The maximum absolute atomic E-state index is 11.5. The molecule has 78 valence electrons. The van der Waals surface area contributed by atoms with E-state index in [0.717, 1.165) is 19.3 Å². The molecular weight excluding hydrogens is 187 g/mol. The van der Waals surface area contributed by atoms with Crippen LogP contribution in [0.3, 0.4) is 0 Å². The van der Waals surface area contributed by atoms with Gasteiger partial charge in [0, 0.05) is 20.4 Å². The quantitative estimate of drug-likeness (QED) is 0.665. The summed E-state index contributed by atoms with van der Waals surface area (Å²) in [5, 5.41) is 0. The normalized spacial score (nSPS) is 30.4. The van der Waals surface area contributed by atoms with E-state index in [1.807, 2.05) is 0 Å². The van der Waals surface area contributed by atoms with Crippen molar-refractivity contribution in [3.8, 4) is 0 Å². The molecule has 0 aromatic carbocycles. The summed E-state index contributed by atoms with van der Waals surface area (Å²) in [6, 6.07) is 0. The molecule has 1 saturated carbocycles. The topological polar surface area (TPSA) is 35.5 Å². The fourth-order valence-corrected chi connectivity index (χ4v) is 2.67. The van der Waals surface area contributed by atoms with E-state index in [1.54, 1.807) is 20.4 Å². The van der Waals surface area contributed by atoms with Crippen LogP contribution in [0.15, 0.2) is 0 Å². The van der Waals surface area contributed by atoms with Gasteiger partial charge in [0.2, 0.25) is 0 Å². The van der Waals surface area contributed by atoms with Gasteiger partial charge < -0.3 is 9.26 Å². The van der Waals surface area contributed by atoms with Gasteiger partial charge in [0.1, 0.15) is 0 Å². The average molecular weight is 206 g/mol. The molecule has 0 N–H and O–H groups in total. The lowest BCUT2D eigenvalue weighted by Gasteiger charge is -2.31. The monoisotopic (exact) mass is 206 g/mol. The van der Waals surface area contributed by atoms with Crippen LogP contribution in [0.1, 0.15) is 25.7 Å². The van der Waals surface area contributed by atoms with Crippen LogP contribution in [0.2, 0.25) is 0 Å². The molecule has 0 spiro atoms. The zero-order chi connectivity index (χ0) is 9.90. The zero-order valence-corrected chi connectivity index (χ0v) is 9.55. The Hall–Kier alpha value is 0.150. The molecule has 1 aliphatic carbocycles. The lowest BCUT2D eigenvalue weighted by Crippen LogP contribution is -2.33. The van der Waals surface area contributed by atoms with Crippen molar-refractivity contribution in [2.45, 2.75) is 37.9 Å². The molecule has 0 aromatic heterocycles. The molecule has 1 rings (SSSR count). The highest BCUT2D eigenvalue weighted by Gasteiger charge is 2.28. The minimum atomic E-state index is -2.36. The minimum absolute atomic E-state index is 0.0413. The van der Waals surface area contributed by atoms with Gasteiger partial charge in [-0.05, 0) is 12.8 Å². The summed E-state index contributed by atoms with van der Waals surface area (Å²) >= 11 is 0. The van der Waals surface area contributed by atoms with Crippen LogP contribution in [-0.4, -0.2) is 32.6 Å². The zero-order valence-electron chi connectivity index (χ0n) is 8.66. The van der Waals surface area contributed by atoms with Crippen molar-refractivity contribution < 1.29 is 13.8 Å². The smallest absolute Gasteiger partial charge is 0.197 e. The summed E-state index contributed by atoms with van der Waals surface area (Å²) in [6.45, 7) is 3.32. The highest BCUT2D eigenvalue weighted by atomic mass is 31.2. The summed E-state index contributed by atoms with van der Waals surface area (Å²) in [6.07, 6.45) is 4.54. The van der Waals surface area contributed by atoms with Crippen molar-refractivity contribution in [1.82, 2.24) is 0 Å². The van der Waals surface area contributed by atoms with Crippen LogP contribution in [0.25, 0.3) is 0 Å². The van der Waals surface area contributed by atoms with Gasteiger partial charge in [-0.2, -0.15) is 0 Å². The molecule has 0 amide bonds. The summed E-state index contributed by atoms with van der Waals surface area (Å²) in [5.41, 5.74) is 0. The Morgan fingerprint density at radius 2 is 1.69 bits per heavy atom. The van der Waals surface area contributed by atoms with Crippen LogP contribution >= 0.6 is 7.37 Å². The number of rotatable bonds is 3. The first kappa shape index (κ1) is 11.2. The van der Waals surface area contributed by atoms with Gasteiger partial charge in [-0.25, -0.2) is 0 Å². The van der Waals surface area contributed by atoms with Gasteiger partial charge in [0.15, 0.2) is 7.37 Å².